The van der Waals surface area contributed by atoms with Crippen LogP contribution in [0.5, 0.6) is 0 Å². The number of hydrogen-bond acceptors (Lipinski definition) is 5. The van der Waals surface area contributed by atoms with Gasteiger partial charge in [-0.25, -0.2) is 14.2 Å². The molecule has 0 radical (unpaired) electrons. The van der Waals surface area contributed by atoms with Gasteiger partial charge in [0.1, 0.15) is 11.6 Å². The molecule has 1 aliphatic heterocycles. The molecule has 9 nitrogen and oxygen atoms in total. The van der Waals surface area contributed by atoms with E-state index in [1.807, 2.05) is 26.8 Å². The van der Waals surface area contributed by atoms with Crippen LogP contribution in [0.1, 0.15) is 49.5 Å². The number of benzene rings is 1. The number of rotatable bonds is 8. The van der Waals surface area contributed by atoms with E-state index in [1.165, 1.54) is 17.0 Å². The fourth-order valence-corrected chi connectivity index (χ4v) is 5.05. The molecule has 3 aromatic rings. The number of H-pyrrole nitrogens is 1. The Morgan fingerprint density at radius 3 is 2.73 bits per heavy atom. The van der Waals surface area contributed by atoms with Gasteiger partial charge < -0.3 is 20.6 Å². The summed E-state index contributed by atoms with van der Waals surface area (Å²) in [6.45, 7) is 7.07. The van der Waals surface area contributed by atoms with Crippen molar-refractivity contribution in [2.75, 3.05) is 25.0 Å². The van der Waals surface area contributed by atoms with Crippen molar-refractivity contribution in [3.8, 4) is 11.3 Å². The molecule has 2 amide bonds. The lowest BCUT2D eigenvalue weighted by Gasteiger charge is -2.47. The molecule has 0 aliphatic carbocycles. The van der Waals surface area contributed by atoms with E-state index in [9.17, 15) is 19.1 Å². The van der Waals surface area contributed by atoms with Crippen molar-refractivity contribution in [1.82, 2.24) is 25.4 Å². The molecule has 0 saturated carbocycles. The summed E-state index contributed by atoms with van der Waals surface area (Å²) in [7, 11) is 0. The van der Waals surface area contributed by atoms with Crippen LogP contribution in [-0.4, -0.2) is 62.4 Å². The maximum atomic E-state index is 13.6. The minimum absolute atomic E-state index is 0.188. The van der Waals surface area contributed by atoms with Crippen molar-refractivity contribution < 1.29 is 19.1 Å². The van der Waals surface area contributed by atoms with Gasteiger partial charge >= 0.3 is 6.09 Å². The minimum Gasteiger partial charge on any atom is -0.465 e. The molecule has 4 rings (SSSR count). The first kappa shape index (κ1) is 26.1. The molecular weight excluding hydrogens is 475 g/mol. The van der Waals surface area contributed by atoms with Crippen molar-refractivity contribution >= 4 is 17.8 Å². The maximum absolute atomic E-state index is 13.6. The summed E-state index contributed by atoms with van der Waals surface area (Å²) in [6, 6.07) is 9.83. The number of hydrogen-bond donors (Lipinski definition) is 4. The number of pyridine rings is 1. The smallest absolute Gasteiger partial charge is 0.407 e. The standard InChI is InChI=1S/C27H33FN6O3/c1-26(2,3)27(11-5-13-34(27)25(36)37)17-30-24(35)21-8-9-22(19-15-31-32-16-19)33-23(21)29-12-10-18-6-4-7-20(28)14-18/h4,6-9,14-16H,5,10-13,17H2,1-3H3,(H,29,33)(H,30,35)(H,31,32)(H,36,37)/t27-/m1/s1. The Labute approximate surface area is 215 Å². The molecular formula is C27H33FN6O3. The number of nitrogens with one attached hydrogen (secondary N) is 3. The fraction of sp³-hybridized carbons (Fsp3) is 0.407. The molecule has 4 N–H and O–H groups in total. The number of amides is 2. The van der Waals surface area contributed by atoms with Crippen molar-refractivity contribution in [2.24, 2.45) is 5.41 Å². The molecule has 1 aliphatic rings. The van der Waals surface area contributed by atoms with Crippen molar-refractivity contribution in [3.05, 3.63) is 65.7 Å². The van der Waals surface area contributed by atoms with E-state index >= 15 is 0 Å². The lowest BCUT2D eigenvalue weighted by Crippen LogP contribution is -2.61. The van der Waals surface area contributed by atoms with Gasteiger partial charge in [-0.1, -0.05) is 32.9 Å². The van der Waals surface area contributed by atoms with Crippen LogP contribution in [0, 0.1) is 11.2 Å². The molecule has 1 fully saturated rings. The van der Waals surface area contributed by atoms with Gasteiger partial charge in [-0.3, -0.25) is 9.89 Å². The lowest BCUT2D eigenvalue weighted by atomic mass is 9.71. The summed E-state index contributed by atoms with van der Waals surface area (Å²) < 4.78 is 13.6. The topological polar surface area (TPSA) is 123 Å². The van der Waals surface area contributed by atoms with Gasteiger partial charge in [0.25, 0.3) is 5.91 Å². The van der Waals surface area contributed by atoms with E-state index in [0.717, 1.165) is 17.5 Å². The quantitative estimate of drug-likeness (QED) is 0.354. The highest BCUT2D eigenvalue weighted by Crippen LogP contribution is 2.43. The minimum atomic E-state index is -0.979. The number of aromatic amines is 1. The Balaban J connectivity index is 1.56. The molecule has 10 heteroatoms. The van der Waals surface area contributed by atoms with Crippen LogP contribution in [0.25, 0.3) is 11.3 Å². The highest BCUT2D eigenvalue weighted by Gasteiger charge is 2.51. The van der Waals surface area contributed by atoms with Crippen LogP contribution in [-0.2, 0) is 6.42 Å². The van der Waals surface area contributed by atoms with E-state index in [1.54, 1.807) is 30.6 Å². The third kappa shape index (κ3) is 5.58. The molecule has 1 saturated heterocycles. The molecule has 0 bridgehead atoms. The largest absolute Gasteiger partial charge is 0.465 e. The predicted octanol–water partition coefficient (Wildman–Crippen LogP) is 4.55. The highest BCUT2D eigenvalue weighted by atomic mass is 19.1. The Morgan fingerprint density at radius 2 is 2.05 bits per heavy atom. The third-order valence-electron chi connectivity index (χ3n) is 7.19. The SMILES string of the molecule is CC(C)(C)[C@]1(CNC(=O)c2ccc(-c3cn[nH]c3)nc2NCCc2cccc(F)c2)CCCN1C(=O)O. The number of aromatic nitrogens is 3. The number of anilines is 1. The van der Waals surface area contributed by atoms with Gasteiger partial charge in [-0.15, -0.1) is 0 Å². The van der Waals surface area contributed by atoms with E-state index in [-0.39, 0.29) is 23.7 Å². The Hall–Kier alpha value is -3.95. The van der Waals surface area contributed by atoms with Crippen molar-refractivity contribution in [2.45, 2.75) is 45.6 Å². The summed E-state index contributed by atoms with van der Waals surface area (Å²) in [5, 5.41) is 22.8. The van der Waals surface area contributed by atoms with Crippen LogP contribution in [0.4, 0.5) is 15.0 Å². The molecule has 3 heterocycles. The molecule has 1 atom stereocenters. The zero-order valence-electron chi connectivity index (χ0n) is 21.3. The van der Waals surface area contributed by atoms with Gasteiger partial charge in [0.15, 0.2) is 0 Å². The highest BCUT2D eigenvalue weighted by molar-refractivity contribution is 5.99. The number of carboxylic acid groups (broad SMARTS) is 1. The van der Waals surface area contributed by atoms with Gasteiger partial charge in [-0.2, -0.15) is 5.10 Å². The van der Waals surface area contributed by atoms with Gasteiger partial charge in [0.05, 0.1) is 23.0 Å². The molecule has 1 aromatic carbocycles. The number of halogens is 1. The number of carbonyl (C=O) groups is 2. The predicted molar refractivity (Wildman–Crippen MR) is 139 cm³/mol. The van der Waals surface area contributed by atoms with E-state index in [2.05, 4.69) is 25.8 Å². The summed E-state index contributed by atoms with van der Waals surface area (Å²) in [4.78, 5) is 31.5. The van der Waals surface area contributed by atoms with Gasteiger partial charge in [0.2, 0.25) is 0 Å². The Bertz CT molecular complexity index is 1260. The van der Waals surface area contributed by atoms with Crippen LogP contribution in [0.15, 0.2) is 48.8 Å². The molecule has 37 heavy (non-hydrogen) atoms. The second-order valence-corrected chi connectivity index (χ2v) is 10.4. The van der Waals surface area contributed by atoms with Crippen molar-refractivity contribution in [1.29, 1.82) is 0 Å². The van der Waals surface area contributed by atoms with Gasteiger partial charge in [-0.05, 0) is 54.5 Å². The maximum Gasteiger partial charge on any atom is 0.407 e. The normalized spacial score (nSPS) is 17.6. The summed E-state index contributed by atoms with van der Waals surface area (Å²) in [6.07, 6.45) is 4.33. The zero-order chi connectivity index (χ0) is 26.6. The monoisotopic (exact) mass is 508 g/mol. The lowest BCUT2D eigenvalue weighted by molar-refractivity contribution is 0.0300. The third-order valence-corrected chi connectivity index (χ3v) is 7.19. The van der Waals surface area contributed by atoms with E-state index < -0.39 is 11.6 Å². The Morgan fingerprint density at radius 1 is 1.24 bits per heavy atom. The van der Waals surface area contributed by atoms with Crippen LogP contribution in [0.2, 0.25) is 0 Å². The van der Waals surface area contributed by atoms with Gasteiger partial charge in [0, 0.05) is 31.4 Å². The number of nitrogens with zero attached hydrogens (tertiary/aromatic N) is 3. The first-order valence-electron chi connectivity index (χ1n) is 12.4. The second kappa shape index (κ2) is 10.6. The number of likely N-dealkylation sites (tertiary alicyclic amines) is 1. The van der Waals surface area contributed by atoms with Crippen LogP contribution < -0.4 is 10.6 Å². The second-order valence-electron chi connectivity index (χ2n) is 10.4. The first-order valence-corrected chi connectivity index (χ1v) is 12.4. The average molecular weight is 509 g/mol. The summed E-state index contributed by atoms with van der Waals surface area (Å²) >= 11 is 0. The molecule has 0 spiro atoms. The fourth-order valence-electron chi connectivity index (χ4n) is 5.05. The first-order chi connectivity index (χ1) is 17.6. The van der Waals surface area contributed by atoms with E-state index in [4.69, 9.17) is 0 Å². The van der Waals surface area contributed by atoms with Crippen LogP contribution >= 0.6 is 0 Å². The summed E-state index contributed by atoms with van der Waals surface area (Å²) in [5.41, 5.74) is 1.48. The van der Waals surface area contributed by atoms with Crippen LogP contribution in [0.3, 0.4) is 0 Å². The number of carbonyl (C=O) groups excluding carboxylic acids is 1. The molecule has 196 valence electrons. The summed E-state index contributed by atoms with van der Waals surface area (Å²) in [5.74, 6) is -0.257. The zero-order valence-corrected chi connectivity index (χ0v) is 21.3. The van der Waals surface area contributed by atoms with Crippen molar-refractivity contribution in [3.63, 3.8) is 0 Å². The molecule has 0 unspecified atom stereocenters. The Kier molecular flexibility index (Phi) is 7.47. The average Bonchev–Trinajstić information content (AvgIpc) is 3.53. The van der Waals surface area contributed by atoms with E-state index in [0.29, 0.717) is 43.0 Å². The molecule has 2 aromatic heterocycles.